The zero-order chi connectivity index (χ0) is 22.4. The van der Waals surface area contributed by atoms with E-state index in [-0.39, 0.29) is 5.69 Å². The van der Waals surface area contributed by atoms with Gasteiger partial charge in [-0.05, 0) is 57.2 Å². The van der Waals surface area contributed by atoms with Crippen LogP contribution < -0.4 is 20.9 Å². The van der Waals surface area contributed by atoms with Crippen molar-refractivity contribution in [2.75, 3.05) is 33.9 Å². The number of benzene rings is 2. The number of nitrogens with one attached hydrogen (secondary N) is 3. The van der Waals surface area contributed by atoms with E-state index in [4.69, 9.17) is 0 Å². The third kappa shape index (κ3) is 5.88. The minimum absolute atomic E-state index is 0.148. The highest BCUT2D eigenvalue weighted by atomic mass is 19.2. The summed E-state index contributed by atoms with van der Waals surface area (Å²) in [5, 5.41) is 8.25. The highest BCUT2D eigenvalue weighted by Gasteiger charge is 2.09. The molecule has 3 aromatic rings. The Labute approximate surface area is 179 Å². The first-order valence-corrected chi connectivity index (χ1v) is 9.88. The van der Waals surface area contributed by atoms with Gasteiger partial charge in [0.05, 0.1) is 0 Å². The van der Waals surface area contributed by atoms with Crippen LogP contribution in [0.2, 0.25) is 0 Å². The topological polar surface area (TPSA) is 82.2 Å². The Hall–Kier alpha value is -3.75. The Morgan fingerprint density at radius 3 is 2.13 bits per heavy atom. The van der Waals surface area contributed by atoms with E-state index in [9.17, 15) is 13.6 Å². The Morgan fingerprint density at radius 2 is 1.48 bits per heavy atom. The molecule has 0 unspecified atom stereocenters. The molecule has 0 spiro atoms. The van der Waals surface area contributed by atoms with Crippen LogP contribution in [0.25, 0.3) is 0 Å². The Balaban J connectivity index is 1.63. The summed E-state index contributed by atoms with van der Waals surface area (Å²) in [6.07, 6.45) is 0. The summed E-state index contributed by atoms with van der Waals surface area (Å²) in [6, 6.07) is 11.5. The molecule has 0 radical (unpaired) electrons. The summed E-state index contributed by atoms with van der Waals surface area (Å²) >= 11 is 0. The molecule has 2 aromatic carbocycles. The van der Waals surface area contributed by atoms with Gasteiger partial charge >= 0.3 is 6.03 Å². The highest BCUT2D eigenvalue weighted by Crippen LogP contribution is 2.20. The number of urea groups is 1. The van der Waals surface area contributed by atoms with E-state index in [0.717, 1.165) is 42.4 Å². The maximum Gasteiger partial charge on any atom is 0.323 e. The summed E-state index contributed by atoms with van der Waals surface area (Å²) in [5.41, 5.74) is 2.28. The second-order valence-electron chi connectivity index (χ2n) is 6.77. The second-order valence-corrected chi connectivity index (χ2v) is 6.77. The molecule has 2 amide bonds. The summed E-state index contributed by atoms with van der Waals surface area (Å²) in [5.74, 6) is -0.669. The van der Waals surface area contributed by atoms with Crippen molar-refractivity contribution in [1.29, 1.82) is 0 Å². The maximum absolute atomic E-state index is 13.2. The molecule has 0 aliphatic heterocycles. The Bertz CT molecular complexity index is 1050. The van der Waals surface area contributed by atoms with E-state index in [1.807, 2.05) is 13.0 Å². The largest absolute Gasteiger partial charge is 0.357 e. The number of rotatable bonds is 7. The van der Waals surface area contributed by atoms with Crippen LogP contribution in [0.3, 0.4) is 0 Å². The first-order chi connectivity index (χ1) is 14.9. The molecule has 0 aliphatic rings. The number of carbonyl (C=O) groups is 1. The van der Waals surface area contributed by atoms with Crippen molar-refractivity contribution in [3.63, 3.8) is 0 Å². The van der Waals surface area contributed by atoms with Crippen LogP contribution in [0.5, 0.6) is 0 Å². The van der Waals surface area contributed by atoms with Crippen molar-refractivity contribution >= 4 is 34.9 Å². The molecular weight excluding hydrogens is 402 g/mol. The molecule has 3 N–H and O–H groups in total. The monoisotopic (exact) mass is 426 g/mol. The van der Waals surface area contributed by atoms with Gasteiger partial charge in [0.15, 0.2) is 11.6 Å². The fraction of sp³-hybridized carbons (Fsp3) is 0.227. The van der Waals surface area contributed by atoms with Crippen molar-refractivity contribution in [2.24, 2.45) is 0 Å². The minimum Gasteiger partial charge on any atom is -0.357 e. The fourth-order valence-electron chi connectivity index (χ4n) is 2.95. The number of hydrogen-bond acceptors (Lipinski definition) is 5. The quantitative estimate of drug-likeness (QED) is 0.478. The van der Waals surface area contributed by atoms with Crippen molar-refractivity contribution in [1.82, 2.24) is 9.97 Å². The summed E-state index contributed by atoms with van der Waals surface area (Å²) in [6.45, 7) is 7.75. The molecule has 9 heteroatoms. The van der Waals surface area contributed by atoms with Crippen molar-refractivity contribution in [3.05, 3.63) is 65.9 Å². The number of amides is 2. The Morgan fingerprint density at radius 1 is 0.871 bits per heavy atom. The third-order valence-electron chi connectivity index (χ3n) is 4.50. The van der Waals surface area contributed by atoms with E-state index in [2.05, 4.69) is 44.7 Å². The summed E-state index contributed by atoms with van der Waals surface area (Å²) < 4.78 is 26.2. The van der Waals surface area contributed by atoms with Gasteiger partial charge in [-0.2, -0.15) is 4.98 Å². The molecule has 0 fully saturated rings. The molecule has 3 rings (SSSR count). The van der Waals surface area contributed by atoms with E-state index < -0.39 is 17.7 Å². The Kier molecular flexibility index (Phi) is 6.96. The lowest BCUT2D eigenvalue weighted by atomic mass is 10.3. The number of anilines is 5. The van der Waals surface area contributed by atoms with Gasteiger partial charge in [0, 0.05) is 48.0 Å². The predicted molar refractivity (Wildman–Crippen MR) is 119 cm³/mol. The molecule has 1 heterocycles. The SMILES string of the molecule is CCN(CC)c1cc(C)nc(Nc2ccc(NC(=O)Nc3ccc(F)c(F)c3)cc2)n1. The number of aryl methyl sites for hydroxylation is 1. The molecule has 7 nitrogen and oxygen atoms in total. The lowest BCUT2D eigenvalue weighted by molar-refractivity contribution is 0.262. The number of hydrogen-bond donors (Lipinski definition) is 3. The van der Waals surface area contributed by atoms with E-state index in [1.165, 1.54) is 6.07 Å². The van der Waals surface area contributed by atoms with Gasteiger partial charge in [-0.3, -0.25) is 0 Å². The van der Waals surface area contributed by atoms with Crippen molar-refractivity contribution < 1.29 is 13.6 Å². The van der Waals surface area contributed by atoms with Crippen molar-refractivity contribution in [2.45, 2.75) is 20.8 Å². The molecule has 0 saturated carbocycles. The van der Waals surface area contributed by atoms with E-state index >= 15 is 0 Å². The van der Waals surface area contributed by atoms with Gasteiger partial charge in [0.25, 0.3) is 0 Å². The smallest absolute Gasteiger partial charge is 0.323 e. The summed E-state index contributed by atoms with van der Waals surface area (Å²) in [4.78, 5) is 23.2. The number of carbonyl (C=O) groups excluding carboxylic acids is 1. The van der Waals surface area contributed by atoms with Crippen LogP contribution in [-0.2, 0) is 0 Å². The second kappa shape index (κ2) is 9.84. The van der Waals surface area contributed by atoms with Crippen LogP contribution in [0.1, 0.15) is 19.5 Å². The van der Waals surface area contributed by atoms with Crippen LogP contribution in [0.15, 0.2) is 48.5 Å². The van der Waals surface area contributed by atoms with Gasteiger partial charge in [-0.1, -0.05) is 0 Å². The first kappa shape index (κ1) is 21.9. The van der Waals surface area contributed by atoms with E-state index in [0.29, 0.717) is 11.6 Å². The van der Waals surface area contributed by atoms with Gasteiger partial charge < -0.3 is 20.9 Å². The fourth-order valence-corrected chi connectivity index (χ4v) is 2.95. The number of halogens is 2. The van der Waals surface area contributed by atoms with Gasteiger partial charge in [0.1, 0.15) is 5.82 Å². The van der Waals surface area contributed by atoms with Crippen LogP contribution >= 0.6 is 0 Å². The van der Waals surface area contributed by atoms with Gasteiger partial charge in [-0.15, -0.1) is 0 Å². The number of nitrogens with zero attached hydrogens (tertiary/aromatic N) is 3. The lowest BCUT2D eigenvalue weighted by Gasteiger charge is -2.20. The molecular formula is C22H24F2N6O. The molecule has 1 aromatic heterocycles. The molecule has 31 heavy (non-hydrogen) atoms. The van der Waals surface area contributed by atoms with Crippen LogP contribution in [0, 0.1) is 18.6 Å². The normalized spacial score (nSPS) is 10.5. The molecule has 162 valence electrons. The lowest BCUT2D eigenvalue weighted by Crippen LogP contribution is -2.23. The van der Waals surface area contributed by atoms with Crippen LogP contribution in [-0.4, -0.2) is 29.1 Å². The maximum atomic E-state index is 13.2. The standard InChI is InChI=1S/C22H24F2N6O/c1-4-30(5-2)20-12-14(3)25-21(29-20)26-15-6-8-16(9-7-15)27-22(31)28-17-10-11-18(23)19(24)13-17/h6-13H,4-5H2,1-3H3,(H,25,26,29)(H2,27,28,31). The van der Waals surface area contributed by atoms with E-state index in [1.54, 1.807) is 24.3 Å². The molecule has 0 atom stereocenters. The number of aromatic nitrogens is 2. The third-order valence-corrected chi connectivity index (χ3v) is 4.50. The zero-order valence-corrected chi connectivity index (χ0v) is 17.5. The van der Waals surface area contributed by atoms with Gasteiger partial charge in [0.2, 0.25) is 5.95 Å². The van der Waals surface area contributed by atoms with Crippen LogP contribution in [0.4, 0.5) is 42.4 Å². The summed E-state index contributed by atoms with van der Waals surface area (Å²) in [7, 11) is 0. The molecule has 0 aliphatic carbocycles. The zero-order valence-electron chi connectivity index (χ0n) is 17.5. The molecule has 0 bridgehead atoms. The predicted octanol–water partition coefficient (Wildman–Crippen LogP) is 5.30. The average molecular weight is 426 g/mol. The van der Waals surface area contributed by atoms with Crippen molar-refractivity contribution in [3.8, 4) is 0 Å². The minimum atomic E-state index is -1.03. The average Bonchev–Trinajstić information content (AvgIpc) is 2.73. The molecule has 0 saturated heterocycles. The van der Waals surface area contributed by atoms with Gasteiger partial charge in [-0.25, -0.2) is 18.6 Å². The highest BCUT2D eigenvalue weighted by molar-refractivity contribution is 5.99. The first-order valence-electron chi connectivity index (χ1n) is 9.88.